The molecule has 0 radical (unpaired) electrons. The van der Waals surface area contributed by atoms with E-state index in [1.807, 2.05) is 0 Å². The predicted molar refractivity (Wildman–Crippen MR) is 68.4 cm³/mol. The Morgan fingerprint density at radius 2 is 1.78 bits per heavy atom. The molecule has 1 fully saturated rings. The van der Waals surface area contributed by atoms with Gasteiger partial charge >= 0.3 is 0 Å². The summed E-state index contributed by atoms with van der Waals surface area (Å²) in [5, 5.41) is 10.2. The molecule has 100 valence electrons. The third kappa shape index (κ3) is 2.36. The normalized spacial score (nSPS) is 19.9. The highest BCUT2D eigenvalue weighted by molar-refractivity contribution is 7.96. The van der Waals surface area contributed by atoms with Gasteiger partial charge in [0.15, 0.2) is 11.5 Å². The van der Waals surface area contributed by atoms with E-state index in [1.165, 1.54) is 12.0 Å². The topological polar surface area (TPSA) is 57.2 Å². The zero-order chi connectivity index (χ0) is 13.1. The molecule has 0 bridgehead atoms. The van der Waals surface area contributed by atoms with Crippen molar-refractivity contribution >= 4 is 12.0 Å². The second-order valence-electron chi connectivity index (χ2n) is 3.82. The average Bonchev–Trinajstić information content (AvgIpc) is 2.34. The molecule has 18 heavy (non-hydrogen) atoms. The zero-order valence-corrected chi connectivity index (χ0v) is 11.3. The van der Waals surface area contributed by atoms with Gasteiger partial charge in [-0.25, -0.2) is 0 Å². The molecule has 0 amide bonds. The maximum absolute atomic E-state index is 10.2. The lowest BCUT2D eigenvalue weighted by molar-refractivity contribution is 0.129. The molecule has 1 aliphatic rings. The molecule has 0 saturated carbocycles. The Kier molecular flexibility index (Phi) is 4.21. The number of aliphatic hydroxyl groups excluding tert-OH is 1. The smallest absolute Gasteiger partial charge is 0.203 e. The third-order valence-electron chi connectivity index (χ3n) is 2.80. The van der Waals surface area contributed by atoms with Crippen molar-refractivity contribution < 1.29 is 23.5 Å². The van der Waals surface area contributed by atoms with Gasteiger partial charge < -0.3 is 23.5 Å². The average molecular weight is 272 g/mol. The number of aliphatic hydroxyl groups is 1. The summed E-state index contributed by atoms with van der Waals surface area (Å²) in [6.45, 7) is 0.544. The van der Waals surface area contributed by atoms with Crippen LogP contribution in [0.5, 0.6) is 17.2 Å². The minimum Gasteiger partial charge on any atom is -0.493 e. The van der Waals surface area contributed by atoms with Crippen LogP contribution in [0.25, 0.3) is 0 Å². The van der Waals surface area contributed by atoms with Crippen LogP contribution in [0.15, 0.2) is 12.1 Å². The fourth-order valence-corrected chi connectivity index (χ4v) is 2.33. The minimum absolute atomic E-state index is 0.0489. The number of benzene rings is 1. The molecule has 2 atom stereocenters. The van der Waals surface area contributed by atoms with Crippen molar-refractivity contribution in [3.63, 3.8) is 0 Å². The monoisotopic (exact) mass is 272 g/mol. The summed E-state index contributed by atoms with van der Waals surface area (Å²) < 4.78 is 20.7. The molecule has 0 aromatic heterocycles. The van der Waals surface area contributed by atoms with Crippen molar-refractivity contribution in [2.75, 3.05) is 27.9 Å². The Balaban J connectivity index is 2.35. The fourth-order valence-electron chi connectivity index (χ4n) is 1.78. The van der Waals surface area contributed by atoms with E-state index in [4.69, 9.17) is 18.4 Å². The van der Waals surface area contributed by atoms with E-state index in [-0.39, 0.29) is 5.25 Å². The zero-order valence-electron chi connectivity index (χ0n) is 10.5. The molecule has 1 unspecified atom stereocenters. The standard InChI is InChI=1S/C12H16O5S/c1-14-8-4-7(11(13)10-6-17-18-10)5-9(15-2)12(8)16-3/h4-5,10-11,13H,6H2,1-3H3/t10?,11-/m1/s1. The first-order valence-electron chi connectivity index (χ1n) is 5.47. The van der Waals surface area contributed by atoms with Gasteiger partial charge in [0, 0.05) is 0 Å². The number of rotatable bonds is 5. The first-order chi connectivity index (χ1) is 8.71. The first-order valence-corrected chi connectivity index (χ1v) is 6.28. The van der Waals surface area contributed by atoms with Crippen LogP contribution in [0.3, 0.4) is 0 Å². The molecule has 0 aliphatic carbocycles. The van der Waals surface area contributed by atoms with E-state index in [1.54, 1.807) is 33.5 Å². The van der Waals surface area contributed by atoms with Gasteiger partial charge in [0.05, 0.1) is 39.3 Å². The minimum atomic E-state index is -0.613. The molecule has 1 heterocycles. The second-order valence-corrected chi connectivity index (χ2v) is 4.86. The maximum atomic E-state index is 10.2. The van der Waals surface area contributed by atoms with E-state index in [0.717, 1.165) is 5.56 Å². The van der Waals surface area contributed by atoms with Crippen LogP contribution in [0.1, 0.15) is 11.7 Å². The second kappa shape index (κ2) is 5.69. The molecule has 1 N–H and O–H groups in total. The molecular weight excluding hydrogens is 256 g/mol. The number of ether oxygens (including phenoxy) is 3. The van der Waals surface area contributed by atoms with Crippen LogP contribution in [0.4, 0.5) is 0 Å². The van der Waals surface area contributed by atoms with Gasteiger partial charge in [-0.15, -0.1) is 0 Å². The molecule has 6 heteroatoms. The van der Waals surface area contributed by atoms with E-state index in [9.17, 15) is 5.11 Å². The van der Waals surface area contributed by atoms with Gasteiger partial charge in [-0.1, -0.05) is 0 Å². The van der Waals surface area contributed by atoms with E-state index < -0.39 is 6.10 Å². The molecule has 1 aromatic carbocycles. The molecule has 5 nitrogen and oxygen atoms in total. The number of methoxy groups -OCH3 is 3. The van der Waals surface area contributed by atoms with E-state index in [2.05, 4.69) is 0 Å². The van der Waals surface area contributed by atoms with E-state index in [0.29, 0.717) is 23.9 Å². The summed E-state index contributed by atoms with van der Waals surface area (Å²) >= 11 is 1.28. The van der Waals surface area contributed by atoms with Crippen LogP contribution in [0, 0.1) is 0 Å². The highest BCUT2D eigenvalue weighted by Gasteiger charge is 2.31. The quantitative estimate of drug-likeness (QED) is 0.825. The Labute approximate surface area is 110 Å². The summed E-state index contributed by atoms with van der Waals surface area (Å²) in [5.41, 5.74) is 0.727. The van der Waals surface area contributed by atoms with Crippen LogP contribution in [-0.4, -0.2) is 38.3 Å². The van der Waals surface area contributed by atoms with Crippen LogP contribution < -0.4 is 14.2 Å². The fraction of sp³-hybridized carbons (Fsp3) is 0.500. The van der Waals surface area contributed by atoms with Gasteiger partial charge in [0.2, 0.25) is 5.75 Å². The molecule has 1 aliphatic heterocycles. The number of hydrogen-bond donors (Lipinski definition) is 1. The first kappa shape index (κ1) is 13.3. The molecular formula is C12H16O5S. The van der Waals surface area contributed by atoms with Gasteiger partial charge in [0.25, 0.3) is 0 Å². The van der Waals surface area contributed by atoms with Crippen molar-refractivity contribution in [3.05, 3.63) is 17.7 Å². The Hall–Kier alpha value is -1.11. The summed E-state index contributed by atoms with van der Waals surface area (Å²) in [6.07, 6.45) is -0.613. The SMILES string of the molecule is COc1cc([C@@H](O)C2COS2)cc(OC)c1OC. The summed E-state index contributed by atoms with van der Waals surface area (Å²) in [6, 6.07) is 3.51. The van der Waals surface area contributed by atoms with Crippen molar-refractivity contribution in [1.82, 2.24) is 0 Å². The Morgan fingerprint density at radius 3 is 2.11 bits per heavy atom. The summed E-state index contributed by atoms with van der Waals surface area (Å²) in [7, 11) is 4.65. The maximum Gasteiger partial charge on any atom is 0.203 e. The Morgan fingerprint density at radius 1 is 1.22 bits per heavy atom. The molecule has 1 saturated heterocycles. The predicted octanol–water partition coefficient (Wildman–Crippen LogP) is 1.79. The molecule has 1 aromatic rings. The van der Waals surface area contributed by atoms with Crippen molar-refractivity contribution in [2.45, 2.75) is 11.4 Å². The Bertz CT molecular complexity index is 394. The van der Waals surface area contributed by atoms with Crippen molar-refractivity contribution in [1.29, 1.82) is 0 Å². The van der Waals surface area contributed by atoms with Gasteiger partial charge in [-0.05, 0) is 29.7 Å². The molecule has 2 rings (SSSR count). The lowest BCUT2D eigenvalue weighted by Gasteiger charge is -2.29. The highest BCUT2D eigenvalue weighted by Crippen LogP contribution is 2.42. The third-order valence-corrected chi connectivity index (χ3v) is 3.72. The molecule has 0 spiro atoms. The van der Waals surface area contributed by atoms with Gasteiger partial charge in [-0.3, -0.25) is 0 Å². The van der Waals surface area contributed by atoms with Crippen LogP contribution >= 0.6 is 12.0 Å². The number of hydrogen-bond acceptors (Lipinski definition) is 6. The lowest BCUT2D eigenvalue weighted by Crippen LogP contribution is -2.28. The van der Waals surface area contributed by atoms with Crippen LogP contribution in [-0.2, 0) is 4.18 Å². The lowest BCUT2D eigenvalue weighted by atomic mass is 10.0. The van der Waals surface area contributed by atoms with Crippen LogP contribution in [0.2, 0.25) is 0 Å². The van der Waals surface area contributed by atoms with Crippen molar-refractivity contribution in [2.24, 2.45) is 0 Å². The largest absolute Gasteiger partial charge is 0.493 e. The van der Waals surface area contributed by atoms with Gasteiger partial charge in [0.1, 0.15) is 0 Å². The van der Waals surface area contributed by atoms with E-state index >= 15 is 0 Å². The summed E-state index contributed by atoms with van der Waals surface area (Å²) in [5.74, 6) is 1.60. The highest BCUT2D eigenvalue weighted by atomic mass is 32.2. The van der Waals surface area contributed by atoms with Crippen molar-refractivity contribution in [3.8, 4) is 17.2 Å². The summed E-state index contributed by atoms with van der Waals surface area (Å²) in [4.78, 5) is 0. The van der Waals surface area contributed by atoms with Gasteiger partial charge in [-0.2, -0.15) is 0 Å².